The minimum Gasteiger partial charge on any atom is -0.494 e. The SMILES string of the molecule is COc1ccc(CN(C)C(=O)C(CCN2CCC3(CC2)OC(=O)Nc2ccc(F)cc23)c2ccc(Cl)c(Cl)c2)cc1F. The Kier molecular flexibility index (Phi) is 8.92. The van der Waals surface area contributed by atoms with E-state index in [2.05, 4.69) is 10.2 Å². The van der Waals surface area contributed by atoms with Crippen LogP contribution in [0.15, 0.2) is 54.6 Å². The summed E-state index contributed by atoms with van der Waals surface area (Å²) < 4.78 is 39.1. The first-order chi connectivity index (χ1) is 20.1. The summed E-state index contributed by atoms with van der Waals surface area (Å²) in [4.78, 5) is 29.8. The lowest BCUT2D eigenvalue weighted by Crippen LogP contribution is -2.48. The van der Waals surface area contributed by atoms with Crippen LogP contribution in [0.25, 0.3) is 0 Å². The predicted octanol–water partition coefficient (Wildman–Crippen LogP) is 6.97. The molecule has 42 heavy (non-hydrogen) atoms. The quantitative estimate of drug-likeness (QED) is 0.296. The van der Waals surface area contributed by atoms with Gasteiger partial charge >= 0.3 is 6.09 Å². The number of likely N-dealkylation sites (tertiary alicyclic amines) is 1. The monoisotopic (exact) mass is 617 g/mol. The van der Waals surface area contributed by atoms with Gasteiger partial charge in [-0.25, -0.2) is 13.6 Å². The maximum absolute atomic E-state index is 14.3. The molecule has 1 N–H and O–H groups in total. The number of nitrogens with one attached hydrogen (secondary N) is 1. The van der Waals surface area contributed by atoms with Gasteiger partial charge in [0.2, 0.25) is 5.91 Å². The van der Waals surface area contributed by atoms with E-state index in [1.165, 1.54) is 31.4 Å². The normalized spacial score (nSPS) is 16.8. The molecule has 1 atom stereocenters. The van der Waals surface area contributed by atoms with Crippen molar-refractivity contribution in [2.45, 2.75) is 37.3 Å². The van der Waals surface area contributed by atoms with Crippen molar-refractivity contribution in [1.29, 1.82) is 0 Å². The van der Waals surface area contributed by atoms with Crippen LogP contribution in [0.4, 0.5) is 19.3 Å². The molecule has 3 aromatic carbocycles. The summed E-state index contributed by atoms with van der Waals surface area (Å²) in [5, 5.41) is 3.40. The van der Waals surface area contributed by atoms with Crippen LogP contribution in [-0.2, 0) is 21.7 Å². The molecule has 3 aromatic rings. The Balaban J connectivity index is 1.29. The van der Waals surface area contributed by atoms with E-state index in [-0.39, 0.29) is 24.0 Å². The van der Waals surface area contributed by atoms with E-state index in [1.54, 1.807) is 42.3 Å². The third-order valence-corrected chi connectivity index (χ3v) is 8.79. The first-order valence-corrected chi connectivity index (χ1v) is 14.4. The van der Waals surface area contributed by atoms with Gasteiger partial charge in [-0.15, -0.1) is 0 Å². The second-order valence-corrected chi connectivity index (χ2v) is 11.5. The Hall–Kier alpha value is -3.40. The van der Waals surface area contributed by atoms with Crippen molar-refractivity contribution in [2.24, 2.45) is 0 Å². The number of benzene rings is 3. The van der Waals surface area contributed by atoms with Crippen molar-refractivity contribution in [2.75, 3.05) is 39.1 Å². The molecule has 0 radical (unpaired) electrons. The molecule has 7 nitrogen and oxygen atoms in total. The zero-order chi connectivity index (χ0) is 30.0. The highest BCUT2D eigenvalue weighted by atomic mass is 35.5. The molecular formula is C31H31Cl2F2N3O4. The molecule has 0 saturated carbocycles. The average molecular weight is 619 g/mol. The largest absolute Gasteiger partial charge is 0.494 e. The van der Waals surface area contributed by atoms with Crippen LogP contribution in [-0.4, -0.2) is 55.6 Å². The molecular weight excluding hydrogens is 587 g/mol. The van der Waals surface area contributed by atoms with Crippen LogP contribution in [0.5, 0.6) is 5.75 Å². The van der Waals surface area contributed by atoms with E-state index in [1.807, 2.05) is 0 Å². The fraction of sp³-hybridized carbons (Fsp3) is 0.355. The topological polar surface area (TPSA) is 71.1 Å². The van der Waals surface area contributed by atoms with Gasteiger partial charge in [-0.05, 0) is 66.6 Å². The summed E-state index contributed by atoms with van der Waals surface area (Å²) in [6.45, 7) is 1.97. The maximum atomic E-state index is 14.3. The van der Waals surface area contributed by atoms with E-state index < -0.39 is 23.4 Å². The zero-order valence-electron chi connectivity index (χ0n) is 23.3. The summed E-state index contributed by atoms with van der Waals surface area (Å²) in [6, 6.07) is 14.1. The highest BCUT2D eigenvalue weighted by Gasteiger charge is 2.44. The molecule has 1 unspecified atom stereocenters. The van der Waals surface area contributed by atoms with E-state index >= 15 is 0 Å². The molecule has 11 heteroatoms. The number of carbonyl (C=O) groups is 2. The Bertz CT molecular complexity index is 1500. The van der Waals surface area contributed by atoms with Crippen molar-refractivity contribution < 1.29 is 27.8 Å². The fourth-order valence-corrected chi connectivity index (χ4v) is 6.09. The summed E-state index contributed by atoms with van der Waals surface area (Å²) in [6.07, 6.45) is 0.918. The smallest absolute Gasteiger partial charge is 0.412 e. The van der Waals surface area contributed by atoms with Gasteiger partial charge in [0, 0.05) is 45.1 Å². The van der Waals surface area contributed by atoms with Crippen LogP contribution >= 0.6 is 23.2 Å². The van der Waals surface area contributed by atoms with Gasteiger partial charge in [-0.2, -0.15) is 0 Å². The number of carbonyl (C=O) groups excluding carboxylic acids is 2. The lowest BCUT2D eigenvalue weighted by Gasteiger charge is -2.44. The van der Waals surface area contributed by atoms with E-state index in [0.717, 1.165) is 5.56 Å². The van der Waals surface area contributed by atoms with Crippen LogP contribution < -0.4 is 10.1 Å². The molecule has 1 spiro atoms. The molecule has 222 valence electrons. The third-order valence-electron chi connectivity index (χ3n) is 8.05. The van der Waals surface area contributed by atoms with Gasteiger partial charge in [0.1, 0.15) is 11.4 Å². The Morgan fingerprint density at radius 1 is 1.10 bits per heavy atom. The minimum atomic E-state index is -0.900. The van der Waals surface area contributed by atoms with Crippen molar-refractivity contribution in [3.63, 3.8) is 0 Å². The average Bonchev–Trinajstić information content (AvgIpc) is 2.96. The van der Waals surface area contributed by atoms with Crippen molar-refractivity contribution in [3.8, 4) is 5.75 Å². The number of likely N-dealkylation sites (N-methyl/N-ethyl adjacent to an activating group) is 1. The predicted molar refractivity (Wildman–Crippen MR) is 157 cm³/mol. The maximum Gasteiger partial charge on any atom is 0.412 e. The molecule has 1 saturated heterocycles. The van der Waals surface area contributed by atoms with Gasteiger partial charge in [0.25, 0.3) is 0 Å². The molecule has 2 amide bonds. The van der Waals surface area contributed by atoms with Crippen LogP contribution in [0.2, 0.25) is 10.0 Å². The van der Waals surface area contributed by atoms with E-state index in [0.29, 0.717) is 65.8 Å². The highest BCUT2D eigenvalue weighted by Crippen LogP contribution is 2.44. The number of hydrogen-bond donors (Lipinski definition) is 1. The van der Waals surface area contributed by atoms with Gasteiger partial charge in [-0.3, -0.25) is 10.1 Å². The summed E-state index contributed by atoms with van der Waals surface area (Å²) >= 11 is 12.5. The number of anilines is 1. The lowest BCUT2D eigenvalue weighted by molar-refractivity contribution is -0.132. The Labute approximate surface area is 253 Å². The first kappa shape index (κ1) is 30.1. The second kappa shape index (κ2) is 12.5. The van der Waals surface area contributed by atoms with Crippen molar-refractivity contribution >= 4 is 40.9 Å². The molecule has 2 aliphatic heterocycles. The molecule has 2 aliphatic rings. The number of ether oxygens (including phenoxy) is 2. The standard InChI is InChI=1S/C31H31Cl2F2N3O4/c1-37(18-19-3-8-28(41-2)26(35)15-19)29(39)22(20-4-6-24(32)25(33)16-20)9-12-38-13-10-31(11-14-38)23-17-21(34)5-7-27(23)36-30(40)42-31/h3-8,15-17,22H,9-14,18H2,1-2H3,(H,36,40). The van der Waals surface area contributed by atoms with Gasteiger partial charge in [0.15, 0.2) is 11.6 Å². The summed E-state index contributed by atoms with van der Waals surface area (Å²) in [5.41, 5.74) is 1.66. The summed E-state index contributed by atoms with van der Waals surface area (Å²) in [7, 11) is 3.08. The number of fused-ring (bicyclic) bond motifs is 2. The molecule has 2 heterocycles. The number of methoxy groups -OCH3 is 1. The van der Waals surface area contributed by atoms with Crippen LogP contribution in [0.3, 0.4) is 0 Å². The summed E-state index contributed by atoms with van der Waals surface area (Å²) in [5.74, 6) is -1.42. The minimum absolute atomic E-state index is 0.137. The third kappa shape index (κ3) is 6.33. The van der Waals surface area contributed by atoms with Crippen LogP contribution in [0.1, 0.15) is 41.9 Å². The van der Waals surface area contributed by atoms with E-state index in [4.69, 9.17) is 32.7 Å². The zero-order valence-corrected chi connectivity index (χ0v) is 24.8. The van der Waals surface area contributed by atoms with Gasteiger partial charge in [0.05, 0.1) is 28.8 Å². The highest BCUT2D eigenvalue weighted by molar-refractivity contribution is 6.42. The number of halogens is 4. The first-order valence-electron chi connectivity index (χ1n) is 13.6. The molecule has 0 aliphatic carbocycles. The Morgan fingerprint density at radius 2 is 1.86 bits per heavy atom. The van der Waals surface area contributed by atoms with Crippen molar-refractivity contribution in [3.05, 3.63) is 93.0 Å². The number of amides is 2. The number of rotatable bonds is 8. The molecule has 1 fully saturated rings. The second-order valence-electron chi connectivity index (χ2n) is 10.7. The number of nitrogens with zero attached hydrogens (tertiary/aromatic N) is 2. The van der Waals surface area contributed by atoms with Crippen LogP contribution in [0, 0.1) is 11.6 Å². The number of piperidine rings is 1. The molecule has 0 bridgehead atoms. The van der Waals surface area contributed by atoms with Crippen molar-refractivity contribution in [1.82, 2.24) is 9.80 Å². The van der Waals surface area contributed by atoms with E-state index in [9.17, 15) is 18.4 Å². The van der Waals surface area contributed by atoms with Gasteiger partial charge in [-0.1, -0.05) is 35.3 Å². The van der Waals surface area contributed by atoms with Gasteiger partial charge < -0.3 is 19.3 Å². The molecule has 0 aromatic heterocycles. The fourth-order valence-electron chi connectivity index (χ4n) is 5.78. The number of hydrogen-bond acceptors (Lipinski definition) is 5. The Morgan fingerprint density at radius 3 is 2.55 bits per heavy atom. The molecule has 5 rings (SSSR count). The lowest BCUT2D eigenvalue weighted by atomic mass is 9.82.